The average Bonchev–Trinajstić information content (AvgIpc) is 3.12. The van der Waals surface area contributed by atoms with E-state index in [2.05, 4.69) is 60.3 Å². The summed E-state index contributed by atoms with van der Waals surface area (Å²) in [6.45, 7) is 2.08. The fourth-order valence-corrected chi connectivity index (χ4v) is 5.94. The van der Waals surface area contributed by atoms with Crippen molar-refractivity contribution >= 4 is 29.8 Å². The van der Waals surface area contributed by atoms with Gasteiger partial charge in [-0.2, -0.15) is 5.26 Å². The van der Waals surface area contributed by atoms with Gasteiger partial charge in [-0.15, -0.1) is 24.0 Å². The summed E-state index contributed by atoms with van der Waals surface area (Å²) in [5, 5.41) is 13.5. The van der Waals surface area contributed by atoms with Crippen LogP contribution in [-0.4, -0.2) is 10.8 Å². The van der Waals surface area contributed by atoms with Crippen molar-refractivity contribution < 1.29 is 4.99 Å². The van der Waals surface area contributed by atoms with Gasteiger partial charge in [0.1, 0.15) is 17.0 Å². The highest BCUT2D eigenvalue weighted by Gasteiger charge is 2.52. The highest BCUT2D eigenvalue weighted by Crippen LogP contribution is 2.54. The van der Waals surface area contributed by atoms with Crippen LogP contribution in [0, 0.1) is 23.7 Å². The molecule has 1 spiro atoms. The first-order valence-corrected chi connectivity index (χ1v) is 10.6. The summed E-state index contributed by atoms with van der Waals surface area (Å²) in [7, 11) is 0. The summed E-state index contributed by atoms with van der Waals surface area (Å²) in [5.74, 6) is 0.568. The Morgan fingerprint density at radius 2 is 1.96 bits per heavy atom. The molecule has 0 unspecified atom stereocenters. The molecule has 0 bridgehead atoms. The summed E-state index contributed by atoms with van der Waals surface area (Å²) in [4.78, 5) is 8.09. The largest absolute Gasteiger partial charge is 0.290 e. The lowest BCUT2D eigenvalue weighted by atomic mass is 9.61. The monoisotopic (exact) mass is 395 g/mol. The number of aromatic nitrogens is 1. The molecule has 0 radical (unpaired) electrons. The van der Waals surface area contributed by atoms with E-state index in [1.165, 1.54) is 12.0 Å². The predicted molar refractivity (Wildman–Crippen MR) is 112 cm³/mol. The minimum Gasteiger partial charge on any atom is -0.290 e. The van der Waals surface area contributed by atoms with Crippen LogP contribution < -0.4 is 10.7 Å². The van der Waals surface area contributed by atoms with Crippen molar-refractivity contribution in [3.8, 4) is 17.3 Å². The number of nitrogens with one attached hydrogen (secondary N) is 1. The van der Waals surface area contributed by atoms with Gasteiger partial charge in [0.2, 0.25) is 0 Å². The number of aryl methyl sites for hydroxylation is 1. The number of nitriles is 1. The number of thiol groups is 1. The maximum atomic E-state index is 9.88. The molecular formula is C21H23N4S2+. The van der Waals surface area contributed by atoms with Crippen LogP contribution in [-0.2, 0) is 0 Å². The number of allylic oxidation sites excluding steroid dienone is 1. The second kappa shape index (κ2) is 7.14. The Bertz CT molecular complexity index is 957. The molecule has 6 heteroatoms. The maximum absolute atomic E-state index is 9.88. The normalized spacial score (nSPS) is 21.8. The summed E-state index contributed by atoms with van der Waals surface area (Å²) >= 11 is 6.16. The second-order valence-electron chi connectivity index (χ2n) is 7.50. The number of amidine groups is 1. The Morgan fingerprint density at radius 1 is 1.26 bits per heavy atom. The smallest absolute Gasteiger partial charge is 0.257 e. The first kappa shape index (κ1) is 18.3. The second-order valence-corrected chi connectivity index (χ2v) is 8.84. The van der Waals surface area contributed by atoms with E-state index in [0.29, 0.717) is 10.9 Å². The van der Waals surface area contributed by atoms with Gasteiger partial charge in [0.25, 0.3) is 5.84 Å². The van der Waals surface area contributed by atoms with E-state index in [1.807, 2.05) is 0 Å². The van der Waals surface area contributed by atoms with Crippen LogP contribution >= 0.6 is 24.0 Å². The van der Waals surface area contributed by atoms with E-state index in [4.69, 9.17) is 10.7 Å². The molecule has 1 atom stereocenters. The average molecular weight is 396 g/mol. The molecule has 1 aliphatic carbocycles. The number of hydrogen-bond acceptors (Lipinski definition) is 5. The van der Waals surface area contributed by atoms with Gasteiger partial charge in [0, 0.05) is 16.4 Å². The van der Waals surface area contributed by atoms with E-state index in [9.17, 15) is 5.26 Å². The molecule has 0 amide bonds. The van der Waals surface area contributed by atoms with Gasteiger partial charge in [0.05, 0.1) is 11.3 Å². The van der Waals surface area contributed by atoms with Gasteiger partial charge in [-0.1, -0.05) is 49.1 Å². The van der Waals surface area contributed by atoms with Crippen molar-refractivity contribution in [3.05, 3.63) is 50.8 Å². The molecule has 4 rings (SSSR count). The van der Waals surface area contributed by atoms with Crippen molar-refractivity contribution in [2.75, 3.05) is 0 Å². The minimum absolute atomic E-state index is 0.0902. The number of nitrogens with two attached hydrogens (primary N) is 1. The molecule has 138 valence electrons. The van der Waals surface area contributed by atoms with Crippen LogP contribution in [0.1, 0.15) is 48.6 Å². The molecule has 27 heavy (non-hydrogen) atoms. The lowest BCUT2D eigenvalue weighted by Crippen LogP contribution is -2.77. The van der Waals surface area contributed by atoms with Crippen molar-refractivity contribution in [1.82, 2.24) is 4.98 Å². The highest BCUT2D eigenvalue weighted by atomic mass is 32.1. The summed E-state index contributed by atoms with van der Waals surface area (Å²) < 4.78 is 0. The minimum atomic E-state index is -0.290. The molecule has 3 N–H and O–H groups in total. The van der Waals surface area contributed by atoms with E-state index in [0.717, 1.165) is 47.5 Å². The van der Waals surface area contributed by atoms with E-state index in [-0.39, 0.29) is 11.3 Å². The van der Waals surface area contributed by atoms with Crippen LogP contribution in [0.15, 0.2) is 40.2 Å². The Balaban J connectivity index is 1.79. The molecule has 1 aliphatic heterocycles. The molecular weight excluding hydrogens is 372 g/mol. The number of hydrogen-bond donors (Lipinski definition) is 3. The van der Waals surface area contributed by atoms with Gasteiger partial charge >= 0.3 is 0 Å². The Labute approximate surface area is 169 Å². The first-order chi connectivity index (χ1) is 13.0. The zero-order valence-electron chi connectivity index (χ0n) is 15.3. The summed E-state index contributed by atoms with van der Waals surface area (Å²) in [6, 6.07) is 10.8. The van der Waals surface area contributed by atoms with E-state index in [1.54, 1.807) is 11.3 Å². The summed E-state index contributed by atoms with van der Waals surface area (Å²) in [5.41, 5.74) is 10.2. The van der Waals surface area contributed by atoms with Crippen LogP contribution in [0.4, 0.5) is 0 Å². The first-order valence-electron chi connectivity index (χ1n) is 9.31. The summed E-state index contributed by atoms with van der Waals surface area (Å²) in [6.07, 6.45) is 5.31. The molecule has 4 nitrogen and oxygen atoms in total. The van der Waals surface area contributed by atoms with Crippen molar-refractivity contribution in [2.45, 2.75) is 44.9 Å². The van der Waals surface area contributed by atoms with Gasteiger partial charge in [-0.05, 0) is 19.8 Å². The van der Waals surface area contributed by atoms with Gasteiger partial charge < -0.3 is 0 Å². The Kier molecular flexibility index (Phi) is 4.83. The van der Waals surface area contributed by atoms with Crippen LogP contribution in [0.3, 0.4) is 0 Å². The molecule has 2 aliphatic rings. The number of benzene rings is 1. The molecule has 2 heterocycles. The van der Waals surface area contributed by atoms with Crippen molar-refractivity contribution in [1.29, 1.82) is 5.26 Å². The molecule has 1 aromatic heterocycles. The highest BCUT2D eigenvalue weighted by molar-refractivity contribution is 7.84. The third-order valence-corrected chi connectivity index (χ3v) is 7.08. The quantitative estimate of drug-likeness (QED) is 0.683. The fraction of sp³-hybridized carbons (Fsp3) is 0.381. The zero-order chi connectivity index (χ0) is 19.0. The molecule has 1 fully saturated rings. The number of rotatable bonds is 2. The van der Waals surface area contributed by atoms with Gasteiger partial charge in [-0.3, -0.25) is 5.73 Å². The van der Waals surface area contributed by atoms with Crippen LogP contribution in [0.2, 0.25) is 0 Å². The standard InChI is InChI=1S/C21H22N4S2/c1-13-5-7-14(8-6-13)16-12-27-20(24-16)17-18(23)25-19(26)15(11-22)21(17)9-3-2-4-10-21/h5-8,12,17,26H,2-4,9-10H2,1H3,(H2,23,25)/p+1/t17-/m1/s1. The lowest BCUT2D eigenvalue weighted by Gasteiger charge is -2.42. The molecule has 0 saturated heterocycles. The van der Waals surface area contributed by atoms with Gasteiger partial charge in [-0.25, -0.2) is 9.98 Å². The van der Waals surface area contributed by atoms with Gasteiger partial charge in [0.15, 0.2) is 5.03 Å². The van der Waals surface area contributed by atoms with Crippen LogP contribution in [0.5, 0.6) is 0 Å². The Morgan fingerprint density at radius 3 is 2.63 bits per heavy atom. The number of nitrogens with zero attached hydrogens (tertiary/aromatic N) is 2. The van der Waals surface area contributed by atoms with Crippen molar-refractivity contribution in [3.63, 3.8) is 0 Å². The van der Waals surface area contributed by atoms with Crippen molar-refractivity contribution in [2.24, 2.45) is 11.1 Å². The zero-order valence-corrected chi connectivity index (χ0v) is 17.0. The molecule has 1 aromatic carbocycles. The van der Waals surface area contributed by atoms with E-state index < -0.39 is 0 Å². The van der Waals surface area contributed by atoms with E-state index >= 15 is 0 Å². The Hall–Kier alpha value is -2.10. The lowest BCUT2D eigenvalue weighted by molar-refractivity contribution is -0.391. The molecule has 1 saturated carbocycles. The third kappa shape index (κ3) is 3.09. The SMILES string of the molecule is Cc1ccc(-c2csc([C@H]3C(N)=[NH+]C(S)=C(C#N)C34CCCCC4)n2)cc1. The fourth-order valence-electron chi connectivity index (χ4n) is 4.48. The third-order valence-electron chi connectivity index (χ3n) is 5.83. The molecule has 2 aromatic rings. The number of thiazole rings is 1. The maximum Gasteiger partial charge on any atom is 0.257 e. The van der Waals surface area contributed by atoms with Crippen LogP contribution in [0.25, 0.3) is 11.3 Å². The topological polar surface area (TPSA) is 76.7 Å². The predicted octanol–water partition coefficient (Wildman–Crippen LogP) is 3.27.